The van der Waals surface area contributed by atoms with Gasteiger partial charge in [-0.25, -0.2) is 0 Å². The zero-order valence-electron chi connectivity index (χ0n) is 8.41. The Kier molecular flexibility index (Phi) is 4.46. The van der Waals surface area contributed by atoms with Crippen molar-refractivity contribution in [2.75, 3.05) is 6.61 Å². The largest absolute Gasteiger partial charge is 0.393 e. The second-order valence-electron chi connectivity index (χ2n) is 3.90. The summed E-state index contributed by atoms with van der Waals surface area (Å²) in [4.78, 5) is 0. The Balaban J connectivity index is 2.18. The molecule has 0 radical (unpaired) electrons. The molecule has 0 aromatic heterocycles. The van der Waals surface area contributed by atoms with Crippen molar-refractivity contribution in [1.29, 1.82) is 0 Å². The van der Waals surface area contributed by atoms with Crippen LogP contribution in [-0.4, -0.2) is 23.9 Å². The summed E-state index contributed by atoms with van der Waals surface area (Å²) in [6.45, 7) is 6.16. The minimum atomic E-state index is -0.152. The highest BCUT2D eigenvalue weighted by Gasteiger charge is 2.24. The summed E-state index contributed by atoms with van der Waals surface area (Å²) in [6.07, 6.45) is 6.40. The van der Waals surface area contributed by atoms with Crippen LogP contribution in [0.5, 0.6) is 0 Å². The molecule has 0 aromatic carbocycles. The molecule has 1 aliphatic rings. The Morgan fingerprint density at radius 2 is 2.08 bits per heavy atom. The monoisotopic (exact) mass is 184 g/mol. The fourth-order valence-electron chi connectivity index (χ4n) is 1.94. The maximum absolute atomic E-state index is 9.38. The smallest absolute Gasteiger partial charge is 0.0648 e. The molecule has 0 bridgehead atoms. The average Bonchev–Trinajstić information content (AvgIpc) is 2.15. The van der Waals surface area contributed by atoms with Gasteiger partial charge in [-0.2, -0.15) is 0 Å². The van der Waals surface area contributed by atoms with Crippen LogP contribution >= 0.6 is 0 Å². The van der Waals surface area contributed by atoms with E-state index in [1.54, 1.807) is 6.08 Å². The maximum atomic E-state index is 9.38. The third kappa shape index (κ3) is 3.49. The van der Waals surface area contributed by atoms with Crippen molar-refractivity contribution >= 4 is 0 Å². The molecule has 0 heterocycles. The normalized spacial score (nSPS) is 31.2. The zero-order valence-corrected chi connectivity index (χ0v) is 8.41. The van der Waals surface area contributed by atoms with Gasteiger partial charge in [0.2, 0.25) is 0 Å². The molecule has 0 saturated heterocycles. The van der Waals surface area contributed by atoms with Gasteiger partial charge in [0.25, 0.3) is 0 Å². The molecule has 1 fully saturated rings. The molecule has 1 unspecified atom stereocenters. The average molecular weight is 184 g/mol. The summed E-state index contributed by atoms with van der Waals surface area (Å²) in [6, 6.07) is 0. The van der Waals surface area contributed by atoms with Crippen LogP contribution in [0.4, 0.5) is 0 Å². The Morgan fingerprint density at radius 3 is 2.54 bits per heavy atom. The van der Waals surface area contributed by atoms with Gasteiger partial charge in [0, 0.05) is 0 Å². The molecule has 0 spiro atoms. The first kappa shape index (κ1) is 10.7. The summed E-state index contributed by atoms with van der Waals surface area (Å²) in [5.74, 6) is 0.489. The first-order valence-electron chi connectivity index (χ1n) is 5.14. The fourth-order valence-corrected chi connectivity index (χ4v) is 1.94. The number of hydrogen-bond acceptors (Lipinski definition) is 2. The maximum Gasteiger partial charge on any atom is 0.0648 e. The Bertz CT molecular complexity index is 146. The first-order valence-corrected chi connectivity index (χ1v) is 5.14. The van der Waals surface area contributed by atoms with Crippen LogP contribution in [0.15, 0.2) is 12.7 Å². The molecule has 2 nitrogen and oxygen atoms in total. The molecule has 0 aromatic rings. The van der Waals surface area contributed by atoms with E-state index in [0.717, 1.165) is 25.7 Å². The molecule has 0 amide bonds. The van der Waals surface area contributed by atoms with Crippen molar-refractivity contribution in [3.8, 4) is 0 Å². The molecule has 76 valence electrons. The highest BCUT2D eigenvalue weighted by Crippen LogP contribution is 2.28. The number of aliphatic hydroxyl groups excluding tert-OH is 1. The zero-order chi connectivity index (χ0) is 9.68. The standard InChI is InChI=1S/C11H20O2/c1-3-8-13-11-6-4-10(5-7-11)9(2)12/h3,9-12H,1,4-8H2,2H3. The van der Waals surface area contributed by atoms with Gasteiger partial charge in [-0.15, -0.1) is 6.58 Å². The summed E-state index contributed by atoms with van der Waals surface area (Å²) in [7, 11) is 0. The van der Waals surface area contributed by atoms with E-state index >= 15 is 0 Å². The third-order valence-electron chi connectivity index (χ3n) is 2.85. The second-order valence-corrected chi connectivity index (χ2v) is 3.90. The van der Waals surface area contributed by atoms with Crippen molar-refractivity contribution < 1.29 is 9.84 Å². The van der Waals surface area contributed by atoms with Gasteiger partial charge >= 0.3 is 0 Å². The molecule has 2 heteroatoms. The molecule has 1 rings (SSSR count). The molecule has 0 aliphatic heterocycles. The van der Waals surface area contributed by atoms with Crippen LogP contribution in [0, 0.1) is 5.92 Å². The Hall–Kier alpha value is -0.340. The van der Waals surface area contributed by atoms with Gasteiger partial charge < -0.3 is 9.84 Å². The lowest BCUT2D eigenvalue weighted by Gasteiger charge is -2.29. The Morgan fingerprint density at radius 1 is 1.46 bits per heavy atom. The number of aliphatic hydroxyl groups is 1. The van der Waals surface area contributed by atoms with Crippen LogP contribution in [0.2, 0.25) is 0 Å². The van der Waals surface area contributed by atoms with E-state index in [4.69, 9.17) is 4.74 Å². The number of hydrogen-bond donors (Lipinski definition) is 1. The third-order valence-corrected chi connectivity index (χ3v) is 2.85. The van der Waals surface area contributed by atoms with Crippen molar-refractivity contribution in [3.05, 3.63) is 12.7 Å². The van der Waals surface area contributed by atoms with Crippen LogP contribution in [-0.2, 0) is 4.74 Å². The second kappa shape index (κ2) is 5.40. The van der Waals surface area contributed by atoms with E-state index in [9.17, 15) is 5.11 Å². The fraction of sp³-hybridized carbons (Fsp3) is 0.818. The van der Waals surface area contributed by atoms with Gasteiger partial charge in [-0.3, -0.25) is 0 Å². The van der Waals surface area contributed by atoms with E-state index in [1.807, 2.05) is 6.92 Å². The van der Waals surface area contributed by atoms with Crippen LogP contribution in [0.1, 0.15) is 32.6 Å². The van der Waals surface area contributed by atoms with Crippen LogP contribution in [0.25, 0.3) is 0 Å². The lowest BCUT2D eigenvalue weighted by atomic mass is 9.84. The molecular weight excluding hydrogens is 164 g/mol. The number of rotatable bonds is 4. The predicted molar refractivity (Wildman–Crippen MR) is 53.6 cm³/mol. The van der Waals surface area contributed by atoms with E-state index in [2.05, 4.69) is 6.58 Å². The van der Waals surface area contributed by atoms with E-state index in [-0.39, 0.29) is 6.10 Å². The number of ether oxygens (including phenoxy) is 1. The molecule has 1 saturated carbocycles. The summed E-state index contributed by atoms with van der Waals surface area (Å²) >= 11 is 0. The van der Waals surface area contributed by atoms with Crippen molar-refractivity contribution in [3.63, 3.8) is 0 Å². The Labute approximate surface area is 80.6 Å². The molecular formula is C11H20O2. The highest BCUT2D eigenvalue weighted by atomic mass is 16.5. The highest BCUT2D eigenvalue weighted by molar-refractivity contribution is 4.77. The molecule has 13 heavy (non-hydrogen) atoms. The van der Waals surface area contributed by atoms with Gasteiger partial charge in [-0.1, -0.05) is 6.08 Å². The molecule has 1 aliphatic carbocycles. The SMILES string of the molecule is C=CCOC1CCC(C(C)O)CC1. The van der Waals surface area contributed by atoms with Crippen molar-refractivity contribution in [2.24, 2.45) is 5.92 Å². The topological polar surface area (TPSA) is 29.5 Å². The molecule has 1 N–H and O–H groups in total. The van der Waals surface area contributed by atoms with Crippen LogP contribution in [0.3, 0.4) is 0 Å². The van der Waals surface area contributed by atoms with Crippen molar-refractivity contribution in [2.45, 2.75) is 44.8 Å². The van der Waals surface area contributed by atoms with E-state index < -0.39 is 0 Å². The van der Waals surface area contributed by atoms with Crippen LogP contribution < -0.4 is 0 Å². The minimum absolute atomic E-state index is 0.152. The van der Waals surface area contributed by atoms with E-state index in [0.29, 0.717) is 18.6 Å². The summed E-state index contributed by atoms with van der Waals surface area (Å²) < 4.78 is 5.56. The lowest BCUT2D eigenvalue weighted by molar-refractivity contribution is 0.0106. The van der Waals surface area contributed by atoms with Crippen molar-refractivity contribution in [1.82, 2.24) is 0 Å². The van der Waals surface area contributed by atoms with Gasteiger partial charge in [0.15, 0.2) is 0 Å². The van der Waals surface area contributed by atoms with Gasteiger partial charge in [-0.05, 0) is 38.5 Å². The molecule has 1 atom stereocenters. The quantitative estimate of drug-likeness (QED) is 0.678. The lowest BCUT2D eigenvalue weighted by Crippen LogP contribution is -2.27. The van der Waals surface area contributed by atoms with Gasteiger partial charge in [0.1, 0.15) is 0 Å². The first-order chi connectivity index (χ1) is 6.24. The van der Waals surface area contributed by atoms with E-state index in [1.165, 1.54) is 0 Å². The summed E-state index contributed by atoms with van der Waals surface area (Å²) in [5.41, 5.74) is 0. The predicted octanol–water partition coefficient (Wildman–Crippen LogP) is 2.13. The minimum Gasteiger partial charge on any atom is -0.393 e. The van der Waals surface area contributed by atoms with Gasteiger partial charge in [0.05, 0.1) is 18.8 Å². The summed E-state index contributed by atoms with van der Waals surface area (Å²) in [5, 5.41) is 9.38.